The summed E-state index contributed by atoms with van der Waals surface area (Å²) in [5.41, 5.74) is 4.01. The van der Waals surface area contributed by atoms with E-state index in [0.717, 1.165) is 19.6 Å². The summed E-state index contributed by atoms with van der Waals surface area (Å²) in [6, 6.07) is 6.44. The molecule has 1 aromatic rings. The summed E-state index contributed by atoms with van der Waals surface area (Å²) in [7, 11) is 0. The predicted octanol–water partition coefficient (Wildman–Crippen LogP) is 2.29. The van der Waals surface area contributed by atoms with Crippen molar-refractivity contribution < 1.29 is 0 Å². The Morgan fingerprint density at radius 2 is 2.31 bits per heavy atom. The van der Waals surface area contributed by atoms with E-state index in [0.29, 0.717) is 0 Å². The van der Waals surface area contributed by atoms with Crippen molar-refractivity contribution in [1.29, 1.82) is 0 Å². The number of hydrogen-bond acceptors (Lipinski definition) is 2. The SMILES string of the molecule is C1=Cc2cccc3c2N(CC1)CN3. The van der Waals surface area contributed by atoms with Crippen LogP contribution in [-0.2, 0) is 0 Å². The van der Waals surface area contributed by atoms with Gasteiger partial charge in [0.2, 0.25) is 0 Å². The predicted molar refractivity (Wildman–Crippen MR) is 55.9 cm³/mol. The molecule has 2 nitrogen and oxygen atoms in total. The van der Waals surface area contributed by atoms with E-state index in [4.69, 9.17) is 0 Å². The highest BCUT2D eigenvalue weighted by molar-refractivity contribution is 5.84. The summed E-state index contributed by atoms with van der Waals surface area (Å²) in [5.74, 6) is 0. The van der Waals surface area contributed by atoms with Crippen LogP contribution in [0.25, 0.3) is 6.08 Å². The molecule has 2 heteroatoms. The van der Waals surface area contributed by atoms with Crippen LogP contribution in [0.5, 0.6) is 0 Å². The second kappa shape index (κ2) is 2.52. The number of rotatable bonds is 0. The first kappa shape index (κ1) is 7.01. The van der Waals surface area contributed by atoms with Crippen LogP contribution in [0.4, 0.5) is 11.4 Å². The lowest BCUT2D eigenvalue weighted by Crippen LogP contribution is -2.23. The number of para-hydroxylation sites is 1. The molecule has 0 radical (unpaired) electrons. The molecule has 3 rings (SSSR count). The standard InChI is InChI=1S/C11H12N2/c1-2-7-13-8-12-10-6-3-5-9(4-1)11(10)13/h1,3-6,12H,2,7-8H2. The smallest absolute Gasteiger partial charge is 0.0877 e. The van der Waals surface area contributed by atoms with Crippen molar-refractivity contribution in [2.24, 2.45) is 0 Å². The van der Waals surface area contributed by atoms with Crippen LogP contribution in [-0.4, -0.2) is 13.2 Å². The molecule has 1 N–H and O–H groups in total. The Morgan fingerprint density at radius 1 is 1.31 bits per heavy atom. The van der Waals surface area contributed by atoms with Gasteiger partial charge in [-0.15, -0.1) is 0 Å². The maximum absolute atomic E-state index is 3.40. The lowest BCUT2D eigenvalue weighted by molar-refractivity contribution is 0.863. The highest BCUT2D eigenvalue weighted by Crippen LogP contribution is 2.36. The van der Waals surface area contributed by atoms with Crippen molar-refractivity contribution in [2.45, 2.75) is 6.42 Å². The van der Waals surface area contributed by atoms with Crippen molar-refractivity contribution in [2.75, 3.05) is 23.4 Å². The zero-order chi connectivity index (χ0) is 8.67. The van der Waals surface area contributed by atoms with Gasteiger partial charge in [0.15, 0.2) is 0 Å². The number of nitrogens with one attached hydrogen (secondary N) is 1. The Kier molecular flexibility index (Phi) is 1.36. The average Bonchev–Trinajstić information content (AvgIpc) is 2.44. The van der Waals surface area contributed by atoms with Crippen LogP contribution in [0.1, 0.15) is 12.0 Å². The van der Waals surface area contributed by atoms with Gasteiger partial charge in [-0.3, -0.25) is 0 Å². The quantitative estimate of drug-likeness (QED) is 0.646. The molecule has 13 heavy (non-hydrogen) atoms. The van der Waals surface area contributed by atoms with Crippen molar-refractivity contribution in [3.8, 4) is 0 Å². The Labute approximate surface area is 77.9 Å². The second-order valence-corrected chi connectivity index (χ2v) is 3.53. The van der Waals surface area contributed by atoms with Crippen LogP contribution < -0.4 is 10.2 Å². The molecule has 0 spiro atoms. The topological polar surface area (TPSA) is 15.3 Å². The second-order valence-electron chi connectivity index (χ2n) is 3.53. The van der Waals surface area contributed by atoms with Crippen LogP contribution in [0.2, 0.25) is 0 Å². The fourth-order valence-electron chi connectivity index (χ4n) is 2.08. The van der Waals surface area contributed by atoms with Gasteiger partial charge in [-0.2, -0.15) is 0 Å². The average molecular weight is 172 g/mol. The van der Waals surface area contributed by atoms with E-state index in [9.17, 15) is 0 Å². The molecule has 0 atom stereocenters. The summed E-state index contributed by atoms with van der Waals surface area (Å²) < 4.78 is 0. The Morgan fingerprint density at radius 3 is 3.31 bits per heavy atom. The minimum absolute atomic E-state index is 0.966. The van der Waals surface area contributed by atoms with Crippen molar-refractivity contribution in [3.05, 3.63) is 29.8 Å². The Balaban J connectivity index is 2.24. The summed E-state index contributed by atoms with van der Waals surface area (Å²) in [6.45, 7) is 2.10. The lowest BCUT2D eigenvalue weighted by Gasteiger charge is -2.16. The van der Waals surface area contributed by atoms with Gasteiger partial charge in [0.1, 0.15) is 0 Å². The molecule has 2 aliphatic rings. The number of anilines is 2. The maximum Gasteiger partial charge on any atom is 0.0877 e. The molecule has 0 unspecified atom stereocenters. The molecule has 0 saturated heterocycles. The van der Waals surface area contributed by atoms with Gasteiger partial charge in [0.05, 0.1) is 18.0 Å². The molecule has 0 saturated carbocycles. The monoisotopic (exact) mass is 172 g/mol. The number of nitrogens with zero attached hydrogens (tertiary/aromatic N) is 1. The summed E-state index contributed by atoms with van der Waals surface area (Å²) in [5, 5.41) is 3.40. The van der Waals surface area contributed by atoms with Gasteiger partial charge in [0.25, 0.3) is 0 Å². The van der Waals surface area contributed by atoms with Crippen LogP contribution in [0.15, 0.2) is 24.3 Å². The summed E-state index contributed by atoms with van der Waals surface area (Å²) in [6.07, 6.45) is 5.63. The first-order valence-electron chi connectivity index (χ1n) is 4.73. The molecule has 2 aliphatic heterocycles. The van der Waals surface area contributed by atoms with Gasteiger partial charge in [-0.1, -0.05) is 24.3 Å². The van der Waals surface area contributed by atoms with Gasteiger partial charge >= 0.3 is 0 Å². The summed E-state index contributed by atoms with van der Waals surface area (Å²) in [4.78, 5) is 2.41. The lowest BCUT2D eigenvalue weighted by atomic mass is 10.1. The molecule has 0 aliphatic carbocycles. The third-order valence-corrected chi connectivity index (χ3v) is 2.71. The van der Waals surface area contributed by atoms with Gasteiger partial charge in [-0.05, 0) is 18.1 Å². The van der Waals surface area contributed by atoms with Crippen molar-refractivity contribution in [3.63, 3.8) is 0 Å². The first-order chi connectivity index (χ1) is 6.45. The third-order valence-electron chi connectivity index (χ3n) is 2.71. The van der Waals surface area contributed by atoms with E-state index in [1.807, 2.05) is 0 Å². The zero-order valence-electron chi connectivity index (χ0n) is 7.46. The van der Waals surface area contributed by atoms with Gasteiger partial charge < -0.3 is 10.2 Å². The highest BCUT2D eigenvalue weighted by atomic mass is 15.3. The fourth-order valence-corrected chi connectivity index (χ4v) is 2.08. The Bertz CT molecular complexity index is 368. The zero-order valence-corrected chi connectivity index (χ0v) is 7.46. The highest BCUT2D eigenvalue weighted by Gasteiger charge is 2.21. The summed E-state index contributed by atoms with van der Waals surface area (Å²) >= 11 is 0. The maximum atomic E-state index is 3.40. The molecule has 66 valence electrons. The molecule has 2 heterocycles. The molecule has 0 fully saturated rings. The van der Waals surface area contributed by atoms with Crippen LogP contribution >= 0.6 is 0 Å². The molecule has 1 aromatic carbocycles. The van der Waals surface area contributed by atoms with Gasteiger partial charge in [-0.25, -0.2) is 0 Å². The van der Waals surface area contributed by atoms with E-state index < -0.39 is 0 Å². The van der Waals surface area contributed by atoms with E-state index in [2.05, 4.69) is 40.6 Å². The molecule has 0 aromatic heterocycles. The molecular weight excluding hydrogens is 160 g/mol. The normalized spacial score (nSPS) is 18.0. The van der Waals surface area contributed by atoms with Crippen molar-refractivity contribution >= 4 is 17.5 Å². The van der Waals surface area contributed by atoms with E-state index in [1.54, 1.807) is 0 Å². The minimum Gasteiger partial charge on any atom is -0.366 e. The van der Waals surface area contributed by atoms with E-state index in [-0.39, 0.29) is 0 Å². The van der Waals surface area contributed by atoms with Crippen LogP contribution in [0, 0.1) is 0 Å². The molecule has 0 amide bonds. The van der Waals surface area contributed by atoms with Crippen molar-refractivity contribution in [1.82, 2.24) is 0 Å². The number of hydrogen-bond donors (Lipinski definition) is 1. The molecule has 0 bridgehead atoms. The van der Waals surface area contributed by atoms with Crippen LogP contribution in [0.3, 0.4) is 0 Å². The largest absolute Gasteiger partial charge is 0.366 e. The Hall–Kier alpha value is -1.44. The van der Waals surface area contributed by atoms with Gasteiger partial charge in [0, 0.05) is 6.54 Å². The number of benzene rings is 1. The van der Waals surface area contributed by atoms with E-state index >= 15 is 0 Å². The van der Waals surface area contributed by atoms with E-state index in [1.165, 1.54) is 16.9 Å². The minimum atomic E-state index is 0.966. The molecular formula is C11H12N2. The fraction of sp³-hybridized carbons (Fsp3) is 0.273. The first-order valence-corrected chi connectivity index (χ1v) is 4.73. The third kappa shape index (κ3) is 0.949.